The number of amides is 2. The van der Waals surface area contributed by atoms with E-state index in [1.807, 2.05) is 26.0 Å². The van der Waals surface area contributed by atoms with E-state index in [0.29, 0.717) is 16.6 Å². The molecule has 8 heteroatoms. The molecule has 118 valence electrons. The molecule has 0 fully saturated rings. The number of methoxy groups -OCH3 is 2. The van der Waals surface area contributed by atoms with Crippen LogP contribution >= 0.6 is 11.3 Å². The number of nitrogens with one attached hydrogen (secondary N) is 2. The Bertz CT molecular complexity index is 646. The van der Waals surface area contributed by atoms with E-state index in [4.69, 9.17) is 9.47 Å². The standard InChI is InChI=1S/C14H18N4O3S/c1-8-5-11(20-3)12(21-4)6-10(8)9(2)16-13(19)17-14-18-15-7-22-14/h5-7,9H,1-4H3,(H2,16,17,18,19)/t9-/m1/s1. The van der Waals surface area contributed by atoms with Crippen molar-refractivity contribution in [3.8, 4) is 11.5 Å². The quantitative estimate of drug-likeness (QED) is 0.884. The van der Waals surface area contributed by atoms with Crippen LogP contribution < -0.4 is 20.1 Å². The molecule has 0 spiro atoms. The van der Waals surface area contributed by atoms with Gasteiger partial charge in [0, 0.05) is 0 Å². The number of carbonyl (C=O) groups excluding carboxylic acids is 1. The van der Waals surface area contributed by atoms with Crippen molar-refractivity contribution in [3.63, 3.8) is 0 Å². The molecule has 0 radical (unpaired) electrons. The minimum atomic E-state index is -0.335. The second-order valence-corrected chi connectivity index (χ2v) is 5.46. The van der Waals surface area contributed by atoms with Crippen LogP contribution in [0.3, 0.4) is 0 Å². The topological polar surface area (TPSA) is 85.4 Å². The number of ether oxygens (including phenoxy) is 2. The van der Waals surface area contributed by atoms with Crippen LogP contribution in [0.5, 0.6) is 11.5 Å². The number of urea groups is 1. The molecule has 2 aromatic rings. The van der Waals surface area contributed by atoms with Crippen LogP contribution in [-0.4, -0.2) is 30.4 Å². The molecule has 7 nitrogen and oxygen atoms in total. The summed E-state index contributed by atoms with van der Waals surface area (Å²) >= 11 is 1.26. The molecule has 1 aromatic heterocycles. The van der Waals surface area contributed by atoms with Gasteiger partial charge in [0.05, 0.1) is 20.3 Å². The van der Waals surface area contributed by atoms with E-state index in [9.17, 15) is 4.79 Å². The molecule has 0 bridgehead atoms. The van der Waals surface area contributed by atoms with Crippen molar-refractivity contribution < 1.29 is 14.3 Å². The fraction of sp³-hybridized carbons (Fsp3) is 0.357. The van der Waals surface area contributed by atoms with Crippen LogP contribution in [0.25, 0.3) is 0 Å². The molecular weight excluding hydrogens is 304 g/mol. The van der Waals surface area contributed by atoms with Gasteiger partial charge in [0.1, 0.15) is 5.51 Å². The van der Waals surface area contributed by atoms with Gasteiger partial charge in [-0.05, 0) is 37.1 Å². The van der Waals surface area contributed by atoms with Crippen LogP contribution in [-0.2, 0) is 0 Å². The van der Waals surface area contributed by atoms with Gasteiger partial charge in [-0.1, -0.05) is 11.3 Å². The van der Waals surface area contributed by atoms with Crippen molar-refractivity contribution in [3.05, 3.63) is 28.8 Å². The minimum absolute atomic E-state index is 0.201. The van der Waals surface area contributed by atoms with Gasteiger partial charge in [-0.2, -0.15) is 0 Å². The molecule has 2 N–H and O–H groups in total. The molecule has 2 rings (SSSR count). The second-order valence-electron chi connectivity index (χ2n) is 4.63. The Kier molecular flexibility index (Phi) is 5.16. The summed E-state index contributed by atoms with van der Waals surface area (Å²) in [5, 5.41) is 13.4. The summed E-state index contributed by atoms with van der Waals surface area (Å²) < 4.78 is 10.6. The molecule has 0 saturated heterocycles. The summed E-state index contributed by atoms with van der Waals surface area (Å²) in [7, 11) is 3.17. The van der Waals surface area contributed by atoms with Gasteiger partial charge >= 0.3 is 6.03 Å². The third-order valence-corrected chi connectivity index (χ3v) is 3.77. The first-order valence-corrected chi connectivity index (χ1v) is 7.49. The molecule has 0 aliphatic heterocycles. The number of aryl methyl sites for hydroxylation is 1. The van der Waals surface area contributed by atoms with Crippen LogP contribution in [0.1, 0.15) is 24.1 Å². The summed E-state index contributed by atoms with van der Waals surface area (Å²) in [6.45, 7) is 3.85. The van der Waals surface area contributed by atoms with Crippen LogP contribution in [0, 0.1) is 6.92 Å². The first-order valence-electron chi connectivity index (χ1n) is 6.61. The molecule has 0 saturated carbocycles. The monoisotopic (exact) mass is 322 g/mol. The summed E-state index contributed by atoms with van der Waals surface area (Å²) in [4.78, 5) is 11.9. The molecule has 1 atom stereocenters. The Hall–Kier alpha value is -2.35. The van der Waals surface area contributed by atoms with E-state index < -0.39 is 0 Å². The van der Waals surface area contributed by atoms with Crippen molar-refractivity contribution in [2.45, 2.75) is 19.9 Å². The maximum atomic E-state index is 11.9. The number of carbonyl (C=O) groups is 1. The molecule has 2 amide bonds. The van der Waals surface area contributed by atoms with Gasteiger partial charge in [-0.15, -0.1) is 10.2 Å². The van der Waals surface area contributed by atoms with Crippen LogP contribution in [0.15, 0.2) is 17.6 Å². The highest BCUT2D eigenvalue weighted by Gasteiger charge is 2.16. The highest BCUT2D eigenvalue weighted by atomic mass is 32.1. The smallest absolute Gasteiger partial charge is 0.321 e. The average molecular weight is 322 g/mol. The Morgan fingerprint density at radius 1 is 1.27 bits per heavy atom. The summed E-state index contributed by atoms with van der Waals surface area (Å²) in [6, 6.07) is 3.21. The Balaban J connectivity index is 2.11. The van der Waals surface area contributed by atoms with Crippen molar-refractivity contribution in [2.24, 2.45) is 0 Å². The largest absolute Gasteiger partial charge is 0.493 e. The number of benzene rings is 1. The predicted molar refractivity (Wildman–Crippen MR) is 84.8 cm³/mol. The number of rotatable bonds is 5. The van der Waals surface area contributed by atoms with Crippen molar-refractivity contribution in [1.29, 1.82) is 0 Å². The van der Waals surface area contributed by atoms with Gasteiger partial charge in [-0.25, -0.2) is 4.79 Å². The van der Waals surface area contributed by atoms with Gasteiger partial charge in [0.2, 0.25) is 5.13 Å². The lowest BCUT2D eigenvalue weighted by atomic mass is 10.0. The molecular formula is C14H18N4O3S. The minimum Gasteiger partial charge on any atom is -0.493 e. The zero-order valence-electron chi connectivity index (χ0n) is 12.8. The van der Waals surface area contributed by atoms with E-state index >= 15 is 0 Å². The Morgan fingerprint density at radius 2 is 1.95 bits per heavy atom. The number of aromatic nitrogens is 2. The van der Waals surface area contributed by atoms with Crippen LogP contribution in [0.2, 0.25) is 0 Å². The zero-order chi connectivity index (χ0) is 16.1. The average Bonchev–Trinajstić information content (AvgIpc) is 2.99. The Morgan fingerprint density at radius 3 is 2.55 bits per heavy atom. The van der Waals surface area contributed by atoms with Gasteiger partial charge in [-0.3, -0.25) is 5.32 Å². The normalized spacial score (nSPS) is 11.6. The maximum absolute atomic E-state index is 11.9. The molecule has 0 aliphatic carbocycles. The van der Waals surface area contributed by atoms with E-state index in [1.54, 1.807) is 19.7 Å². The highest BCUT2D eigenvalue weighted by Crippen LogP contribution is 2.32. The van der Waals surface area contributed by atoms with E-state index in [1.165, 1.54) is 11.3 Å². The number of nitrogens with zero attached hydrogens (tertiary/aromatic N) is 2. The van der Waals surface area contributed by atoms with Gasteiger partial charge in [0.15, 0.2) is 11.5 Å². The van der Waals surface area contributed by atoms with Crippen molar-refractivity contribution >= 4 is 22.5 Å². The third kappa shape index (κ3) is 3.64. The summed E-state index contributed by atoms with van der Waals surface area (Å²) in [6.07, 6.45) is 0. The fourth-order valence-corrected chi connectivity index (χ4v) is 2.54. The van der Waals surface area contributed by atoms with E-state index in [2.05, 4.69) is 20.8 Å². The number of hydrogen-bond donors (Lipinski definition) is 2. The van der Waals surface area contributed by atoms with Gasteiger partial charge in [0.25, 0.3) is 0 Å². The lowest BCUT2D eigenvalue weighted by molar-refractivity contribution is 0.249. The lowest BCUT2D eigenvalue weighted by Gasteiger charge is -2.19. The highest BCUT2D eigenvalue weighted by molar-refractivity contribution is 7.13. The molecule has 22 heavy (non-hydrogen) atoms. The Labute approximate surface area is 132 Å². The fourth-order valence-electron chi connectivity index (χ4n) is 2.10. The molecule has 1 heterocycles. The first kappa shape index (κ1) is 16.0. The maximum Gasteiger partial charge on any atom is 0.321 e. The van der Waals surface area contributed by atoms with Gasteiger partial charge < -0.3 is 14.8 Å². The first-order chi connectivity index (χ1) is 10.5. The van der Waals surface area contributed by atoms with E-state index in [0.717, 1.165) is 11.1 Å². The summed E-state index contributed by atoms with van der Waals surface area (Å²) in [5.74, 6) is 1.29. The lowest BCUT2D eigenvalue weighted by Crippen LogP contribution is -2.31. The number of hydrogen-bond acceptors (Lipinski definition) is 6. The molecule has 1 aromatic carbocycles. The molecule has 0 unspecified atom stereocenters. The zero-order valence-corrected chi connectivity index (χ0v) is 13.7. The predicted octanol–water partition coefficient (Wildman–Crippen LogP) is 2.75. The van der Waals surface area contributed by atoms with Crippen LogP contribution in [0.4, 0.5) is 9.93 Å². The van der Waals surface area contributed by atoms with Crippen molar-refractivity contribution in [1.82, 2.24) is 15.5 Å². The SMILES string of the molecule is COc1cc(C)c([C@@H](C)NC(=O)Nc2nncs2)cc1OC. The van der Waals surface area contributed by atoms with Crippen molar-refractivity contribution in [2.75, 3.05) is 19.5 Å². The number of anilines is 1. The molecule has 0 aliphatic rings. The second kappa shape index (κ2) is 7.08. The third-order valence-electron chi connectivity index (χ3n) is 3.17. The van der Waals surface area contributed by atoms with E-state index in [-0.39, 0.29) is 12.1 Å². The summed E-state index contributed by atoms with van der Waals surface area (Å²) in [5.41, 5.74) is 3.50.